The molecule has 4 saturated carbocycles. The highest BCUT2D eigenvalue weighted by atomic mass is 16.7. The molecule has 7 rings (SSSR count). The lowest BCUT2D eigenvalue weighted by molar-refractivity contribution is -0.346. The van der Waals surface area contributed by atoms with Crippen molar-refractivity contribution in [2.75, 3.05) is 19.8 Å². The molecule has 7 aliphatic rings. The lowest BCUT2D eigenvalue weighted by Crippen LogP contribution is -2.67. The van der Waals surface area contributed by atoms with E-state index in [1.54, 1.807) is 0 Å². The molecule has 0 bridgehead atoms. The predicted molar refractivity (Wildman–Crippen MR) is 228 cm³/mol. The van der Waals surface area contributed by atoms with Crippen molar-refractivity contribution in [3.8, 4) is 0 Å². The Morgan fingerprint density at radius 2 is 1.28 bits per heavy atom. The first-order valence-corrected chi connectivity index (χ1v) is 23.8. The second-order valence-corrected chi connectivity index (χ2v) is 22.5. The summed E-state index contributed by atoms with van der Waals surface area (Å²) in [4.78, 5) is 0. The van der Waals surface area contributed by atoms with Crippen molar-refractivity contribution < 1.29 is 84.6 Å². The van der Waals surface area contributed by atoms with Gasteiger partial charge in [-0.05, 0) is 124 Å². The minimum atomic E-state index is -1.68. The van der Waals surface area contributed by atoms with Crippen molar-refractivity contribution in [1.29, 1.82) is 0 Å². The molecule has 11 N–H and O–H groups in total. The third kappa shape index (κ3) is 8.60. The van der Waals surface area contributed by atoms with Crippen molar-refractivity contribution in [2.45, 2.75) is 217 Å². The molecule has 17 nitrogen and oxygen atoms in total. The second kappa shape index (κ2) is 18.8. The Morgan fingerprint density at radius 3 is 1.94 bits per heavy atom. The van der Waals surface area contributed by atoms with Crippen LogP contribution in [0.15, 0.2) is 11.6 Å². The van der Waals surface area contributed by atoms with Crippen LogP contribution in [0.1, 0.15) is 113 Å². The SMILES string of the molecule is CC(C)=CCC[C@](C)(O[C@@H]1O[C@H](CO[C@@H]2OC[C@@H](O)[C@H](O)[C@H]2O)[C@@H](O)[C@H](O)[C@H]1O)C1CC[C@]2(C)[C@@H]1[C@H](O)C[C@@H]1[C@@]3(C)CC[C@H](O[C@@H]4O[C@H](CO)[C@@H](O)[C@H](O)[C@H]4O)C(C)(C)[C@@H]3CC[C@]12C. The highest BCUT2D eigenvalue weighted by Crippen LogP contribution is 2.76. The molecule has 0 spiro atoms. The molecule has 0 aromatic carbocycles. The molecule has 1 unspecified atom stereocenters. The van der Waals surface area contributed by atoms with E-state index in [2.05, 4.69) is 40.7 Å². The summed E-state index contributed by atoms with van der Waals surface area (Å²) in [6, 6.07) is 0. The van der Waals surface area contributed by atoms with E-state index in [0.29, 0.717) is 25.7 Å². The van der Waals surface area contributed by atoms with Gasteiger partial charge < -0.3 is 84.6 Å². The van der Waals surface area contributed by atoms with Crippen molar-refractivity contribution in [3.63, 3.8) is 0 Å². The van der Waals surface area contributed by atoms with Crippen molar-refractivity contribution in [3.05, 3.63) is 11.6 Å². The van der Waals surface area contributed by atoms with Crippen LogP contribution in [-0.4, -0.2) is 180 Å². The monoisotopic (exact) mass is 917 g/mol. The Kier molecular flexibility index (Phi) is 14.9. The topological polar surface area (TPSA) is 278 Å². The first-order chi connectivity index (χ1) is 29.9. The normalized spacial score (nSPS) is 52.5. The highest BCUT2D eigenvalue weighted by Gasteiger charge is 2.72. The summed E-state index contributed by atoms with van der Waals surface area (Å²) in [6.45, 7) is 16.3. The van der Waals surface area contributed by atoms with E-state index >= 15 is 0 Å². The van der Waals surface area contributed by atoms with Crippen LogP contribution in [-0.2, 0) is 28.4 Å². The van der Waals surface area contributed by atoms with Gasteiger partial charge >= 0.3 is 0 Å². The van der Waals surface area contributed by atoms with Crippen LogP contribution in [0.5, 0.6) is 0 Å². The fourth-order valence-electron chi connectivity index (χ4n) is 14.5. The van der Waals surface area contributed by atoms with Crippen molar-refractivity contribution >= 4 is 0 Å². The summed E-state index contributed by atoms with van der Waals surface area (Å²) < 4.78 is 36.5. The Morgan fingerprint density at radius 1 is 0.672 bits per heavy atom. The summed E-state index contributed by atoms with van der Waals surface area (Å²) in [5, 5.41) is 118. The highest BCUT2D eigenvalue weighted by molar-refractivity contribution is 5.20. The molecule has 370 valence electrons. The van der Waals surface area contributed by atoms with Crippen LogP contribution < -0.4 is 0 Å². The van der Waals surface area contributed by atoms with Crippen LogP contribution in [0, 0.1) is 45.3 Å². The molecular formula is C47H80O17. The summed E-state index contributed by atoms with van der Waals surface area (Å²) >= 11 is 0. The first kappa shape index (κ1) is 50.9. The van der Waals surface area contributed by atoms with Crippen LogP contribution in [0.2, 0.25) is 0 Å². The summed E-state index contributed by atoms with van der Waals surface area (Å²) in [5.41, 5.74) is -0.948. The van der Waals surface area contributed by atoms with E-state index in [0.717, 1.165) is 37.7 Å². The largest absolute Gasteiger partial charge is 0.394 e. The molecule has 3 saturated heterocycles. The van der Waals surface area contributed by atoms with E-state index in [1.165, 1.54) is 0 Å². The average Bonchev–Trinajstić information content (AvgIpc) is 3.62. The van der Waals surface area contributed by atoms with E-state index in [-0.39, 0.29) is 52.6 Å². The Hall–Kier alpha value is -0.940. The number of ether oxygens (including phenoxy) is 6. The zero-order valence-electron chi connectivity index (χ0n) is 39.0. The third-order valence-corrected chi connectivity index (χ3v) is 18.4. The molecule has 7 fully saturated rings. The van der Waals surface area contributed by atoms with E-state index in [9.17, 15) is 56.2 Å². The molecule has 4 aliphatic carbocycles. The smallest absolute Gasteiger partial charge is 0.187 e. The van der Waals surface area contributed by atoms with Crippen LogP contribution >= 0.6 is 0 Å². The Labute approximate surface area is 377 Å². The quantitative estimate of drug-likeness (QED) is 0.0946. The molecule has 64 heavy (non-hydrogen) atoms. The van der Waals surface area contributed by atoms with Gasteiger partial charge in [-0.15, -0.1) is 0 Å². The fourth-order valence-corrected chi connectivity index (χ4v) is 14.5. The number of fused-ring (bicyclic) bond motifs is 5. The van der Waals surface area contributed by atoms with Crippen LogP contribution in [0.25, 0.3) is 0 Å². The van der Waals surface area contributed by atoms with Gasteiger partial charge in [0.05, 0.1) is 37.6 Å². The minimum Gasteiger partial charge on any atom is -0.394 e. The third-order valence-electron chi connectivity index (χ3n) is 18.4. The van der Waals surface area contributed by atoms with Crippen molar-refractivity contribution in [1.82, 2.24) is 0 Å². The maximum absolute atomic E-state index is 12.7. The van der Waals surface area contributed by atoms with E-state index in [1.807, 2.05) is 20.8 Å². The molecule has 24 atom stereocenters. The number of rotatable bonds is 12. The number of allylic oxidation sites excluding steroid dienone is 2. The molecule has 3 heterocycles. The molecule has 0 radical (unpaired) electrons. The maximum Gasteiger partial charge on any atom is 0.187 e. The van der Waals surface area contributed by atoms with Crippen LogP contribution in [0.4, 0.5) is 0 Å². The number of hydrogen-bond acceptors (Lipinski definition) is 17. The van der Waals surface area contributed by atoms with Crippen molar-refractivity contribution in [2.24, 2.45) is 45.3 Å². The zero-order valence-corrected chi connectivity index (χ0v) is 39.0. The number of aliphatic hydroxyl groups is 11. The van der Waals surface area contributed by atoms with Gasteiger partial charge in [0.15, 0.2) is 18.9 Å². The van der Waals surface area contributed by atoms with Gasteiger partial charge in [-0.25, -0.2) is 0 Å². The molecule has 0 aromatic rings. The molecule has 0 aromatic heterocycles. The summed E-state index contributed by atoms with van der Waals surface area (Å²) in [7, 11) is 0. The Balaban J connectivity index is 1.11. The summed E-state index contributed by atoms with van der Waals surface area (Å²) in [6.07, 6.45) is -12.4. The standard InChI is InChI=1S/C47H80O17/c1-22(2)10-9-14-47(8,64-42-39(58)36(55)34(53)27(62-42)21-60-40-37(56)32(51)25(50)20-59-40)23-11-16-46(7)31(23)24(49)18-29-44(5)15-13-30(43(3,4)28(44)12-17-45(29,46)6)63-41-38(57)35(54)33(52)26(19-48)61-41/h10,23-42,48-58H,9,11-21H2,1-8H3/t23?,24-,25-,26-,27-,28+,29-,30+,31+,32+,33-,34-,35+,36+,37-,38-,39-,40+,41+,42+,44+,45-,46-,47+/m1/s1. The van der Waals surface area contributed by atoms with Gasteiger partial charge in [-0.2, -0.15) is 0 Å². The van der Waals surface area contributed by atoms with Crippen LogP contribution in [0.3, 0.4) is 0 Å². The van der Waals surface area contributed by atoms with E-state index < -0.39 is 116 Å². The molecule has 17 heteroatoms. The molecule has 3 aliphatic heterocycles. The van der Waals surface area contributed by atoms with E-state index in [4.69, 9.17) is 28.4 Å². The minimum absolute atomic E-state index is 0.149. The van der Waals surface area contributed by atoms with Gasteiger partial charge in [0, 0.05) is 0 Å². The second-order valence-electron chi connectivity index (χ2n) is 22.5. The summed E-state index contributed by atoms with van der Waals surface area (Å²) in [5.74, 6) is -0.0478. The number of aliphatic hydroxyl groups excluding tert-OH is 11. The predicted octanol–water partition coefficient (Wildman–Crippen LogP) is 0.612. The fraction of sp³-hybridized carbons (Fsp3) is 0.957. The molecule has 0 amide bonds. The lowest BCUT2D eigenvalue weighted by atomic mass is 9.35. The Bertz CT molecular complexity index is 1630. The van der Waals surface area contributed by atoms with Gasteiger partial charge in [-0.3, -0.25) is 0 Å². The zero-order chi connectivity index (χ0) is 47.1. The average molecular weight is 917 g/mol. The van der Waals surface area contributed by atoms with Gasteiger partial charge in [0.1, 0.15) is 67.1 Å². The van der Waals surface area contributed by atoms with Gasteiger partial charge in [0.2, 0.25) is 0 Å². The van der Waals surface area contributed by atoms with Gasteiger partial charge in [-0.1, -0.05) is 46.3 Å². The first-order valence-electron chi connectivity index (χ1n) is 23.8. The number of hydrogen-bond donors (Lipinski definition) is 11. The van der Waals surface area contributed by atoms with Gasteiger partial charge in [0.25, 0.3) is 0 Å². The maximum atomic E-state index is 12.7. The lowest BCUT2D eigenvalue weighted by Gasteiger charge is -2.71. The molecular weight excluding hydrogens is 836 g/mol.